The van der Waals surface area contributed by atoms with Crippen molar-refractivity contribution in [2.45, 2.75) is 44.4 Å². The first-order chi connectivity index (χ1) is 9.70. The summed E-state index contributed by atoms with van der Waals surface area (Å²) < 4.78 is 6.34. The Morgan fingerprint density at radius 3 is 2.80 bits per heavy atom. The predicted octanol–water partition coefficient (Wildman–Crippen LogP) is 2.21. The van der Waals surface area contributed by atoms with E-state index in [1.165, 1.54) is 6.42 Å². The summed E-state index contributed by atoms with van der Waals surface area (Å²) in [5.74, 6) is 0.743. The molecule has 0 saturated heterocycles. The first-order valence-electron chi connectivity index (χ1n) is 7.14. The molecule has 2 atom stereocenters. The zero-order valence-electron chi connectivity index (χ0n) is 11.5. The number of ether oxygens (including phenoxy) is 1. The van der Waals surface area contributed by atoms with E-state index >= 15 is 0 Å². The van der Waals surface area contributed by atoms with E-state index in [1.54, 1.807) is 0 Å². The van der Waals surface area contributed by atoms with Crippen LogP contribution in [-0.2, 0) is 6.54 Å². The monoisotopic (exact) mass is 343 g/mol. The average molecular weight is 344 g/mol. The summed E-state index contributed by atoms with van der Waals surface area (Å²) in [5.41, 5.74) is 1.14. The molecule has 1 saturated carbocycles. The van der Waals surface area contributed by atoms with E-state index in [4.69, 9.17) is 9.84 Å². The largest absolute Gasteiger partial charge is 0.491 e. The minimum Gasteiger partial charge on any atom is -0.491 e. The van der Waals surface area contributed by atoms with Crippen molar-refractivity contribution in [3.05, 3.63) is 28.2 Å². The van der Waals surface area contributed by atoms with Gasteiger partial charge in [0, 0.05) is 17.1 Å². The van der Waals surface area contributed by atoms with Crippen molar-refractivity contribution in [1.29, 1.82) is 0 Å². The first-order valence-corrected chi connectivity index (χ1v) is 7.93. The SMILES string of the molecule is OCCOc1ccc(CNC2CCCCC2O)c(Br)c1. The van der Waals surface area contributed by atoms with E-state index in [-0.39, 0.29) is 18.8 Å². The topological polar surface area (TPSA) is 61.7 Å². The Bertz CT molecular complexity index is 428. The van der Waals surface area contributed by atoms with Gasteiger partial charge in [-0.2, -0.15) is 0 Å². The Morgan fingerprint density at radius 2 is 2.10 bits per heavy atom. The summed E-state index contributed by atoms with van der Waals surface area (Å²) in [7, 11) is 0. The van der Waals surface area contributed by atoms with Gasteiger partial charge in [0.25, 0.3) is 0 Å². The normalized spacial score (nSPS) is 22.8. The second-order valence-corrected chi connectivity index (χ2v) is 6.02. The molecule has 3 N–H and O–H groups in total. The molecule has 2 rings (SSSR count). The van der Waals surface area contributed by atoms with Crippen molar-refractivity contribution in [3.8, 4) is 5.75 Å². The van der Waals surface area contributed by atoms with Crippen molar-refractivity contribution in [2.75, 3.05) is 13.2 Å². The van der Waals surface area contributed by atoms with Gasteiger partial charge in [0.15, 0.2) is 0 Å². The number of hydrogen-bond acceptors (Lipinski definition) is 4. The Labute approximate surface area is 128 Å². The fourth-order valence-corrected chi connectivity index (χ4v) is 3.01. The molecule has 2 unspecified atom stereocenters. The molecule has 0 aromatic heterocycles. The van der Waals surface area contributed by atoms with E-state index in [2.05, 4.69) is 21.2 Å². The molecule has 0 heterocycles. The highest BCUT2D eigenvalue weighted by Crippen LogP contribution is 2.24. The zero-order valence-corrected chi connectivity index (χ0v) is 13.1. The van der Waals surface area contributed by atoms with Crippen molar-refractivity contribution in [1.82, 2.24) is 5.32 Å². The van der Waals surface area contributed by atoms with Crippen LogP contribution in [0, 0.1) is 0 Å². The lowest BCUT2D eigenvalue weighted by molar-refractivity contribution is 0.0902. The Morgan fingerprint density at radius 1 is 1.30 bits per heavy atom. The minimum absolute atomic E-state index is 0.0144. The molecule has 0 radical (unpaired) electrons. The second kappa shape index (κ2) is 7.98. The lowest BCUT2D eigenvalue weighted by Gasteiger charge is -2.28. The number of halogens is 1. The van der Waals surface area contributed by atoms with Crippen LogP contribution in [0.4, 0.5) is 0 Å². The van der Waals surface area contributed by atoms with Crippen molar-refractivity contribution in [3.63, 3.8) is 0 Å². The van der Waals surface area contributed by atoms with Gasteiger partial charge in [-0.15, -0.1) is 0 Å². The number of hydrogen-bond donors (Lipinski definition) is 3. The van der Waals surface area contributed by atoms with Crippen LogP contribution in [-0.4, -0.2) is 35.6 Å². The van der Waals surface area contributed by atoms with E-state index in [9.17, 15) is 5.11 Å². The third-order valence-electron chi connectivity index (χ3n) is 3.67. The summed E-state index contributed by atoms with van der Waals surface area (Å²) in [6, 6.07) is 6.00. The summed E-state index contributed by atoms with van der Waals surface area (Å²) in [6.45, 7) is 1.04. The van der Waals surface area contributed by atoms with E-state index in [0.717, 1.165) is 41.6 Å². The van der Waals surface area contributed by atoms with E-state index in [1.807, 2.05) is 18.2 Å². The van der Waals surface area contributed by atoms with Crippen LogP contribution in [0.3, 0.4) is 0 Å². The molecule has 0 amide bonds. The molecule has 1 aliphatic rings. The summed E-state index contributed by atoms with van der Waals surface area (Å²) >= 11 is 3.53. The third-order valence-corrected chi connectivity index (χ3v) is 4.41. The molecule has 1 aliphatic carbocycles. The third kappa shape index (κ3) is 4.45. The van der Waals surface area contributed by atoms with Crippen LogP contribution < -0.4 is 10.1 Å². The molecule has 4 nitrogen and oxygen atoms in total. The highest BCUT2D eigenvalue weighted by molar-refractivity contribution is 9.10. The number of aliphatic hydroxyl groups is 2. The molecule has 0 aliphatic heterocycles. The predicted molar refractivity (Wildman–Crippen MR) is 81.8 cm³/mol. The summed E-state index contributed by atoms with van der Waals surface area (Å²) in [6.07, 6.45) is 4.02. The highest BCUT2D eigenvalue weighted by atomic mass is 79.9. The van der Waals surface area contributed by atoms with Crippen molar-refractivity contribution in [2.24, 2.45) is 0 Å². The van der Waals surface area contributed by atoms with Crippen LogP contribution in [0.5, 0.6) is 5.75 Å². The molecule has 5 heteroatoms. The number of nitrogens with one attached hydrogen (secondary N) is 1. The number of aliphatic hydroxyl groups excluding tert-OH is 2. The average Bonchev–Trinajstić information content (AvgIpc) is 2.45. The Balaban J connectivity index is 1.89. The molecule has 1 aromatic carbocycles. The van der Waals surface area contributed by atoms with Crippen LogP contribution in [0.1, 0.15) is 31.2 Å². The van der Waals surface area contributed by atoms with Gasteiger partial charge in [-0.3, -0.25) is 0 Å². The van der Waals surface area contributed by atoms with Gasteiger partial charge in [-0.25, -0.2) is 0 Å². The fourth-order valence-electron chi connectivity index (χ4n) is 2.52. The summed E-state index contributed by atoms with van der Waals surface area (Å²) in [5, 5.41) is 22.1. The van der Waals surface area contributed by atoms with Crippen molar-refractivity contribution < 1.29 is 14.9 Å². The highest BCUT2D eigenvalue weighted by Gasteiger charge is 2.22. The van der Waals surface area contributed by atoms with E-state index in [0.29, 0.717) is 6.61 Å². The second-order valence-electron chi connectivity index (χ2n) is 5.16. The maximum absolute atomic E-state index is 9.94. The van der Waals surface area contributed by atoms with Gasteiger partial charge in [0.2, 0.25) is 0 Å². The van der Waals surface area contributed by atoms with Crippen LogP contribution in [0.2, 0.25) is 0 Å². The molecule has 1 aromatic rings. The molecule has 0 spiro atoms. The number of benzene rings is 1. The van der Waals surface area contributed by atoms with Crippen molar-refractivity contribution >= 4 is 15.9 Å². The maximum atomic E-state index is 9.94. The minimum atomic E-state index is -0.227. The lowest BCUT2D eigenvalue weighted by Crippen LogP contribution is -2.41. The fraction of sp³-hybridized carbons (Fsp3) is 0.600. The zero-order chi connectivity index (χ0) is 14.4. The molecule has 20 heavy (non-hydrogen) atoms. The Kier molecular flexibility index (Phi) is 6.29. The standard InChI is InChI=1S/C15H22BrNO3/c16-13-9-12(20-8-7-18)6-5-11(13)10-17-14-3-1-2-4-15(14)19/h5-6,9,14-15,17-19H,1-4,7-8,10H2. The number of rotatable bonds is 6. The lowest BCUT2D eigenvalue weighted by atomic mass is 9.92. The van der Waals surface area contributed by atoms with Gasteiger partial charge >= 0.3 is 0 Å². The smallest absolute Gasteiger partial charge is 0.120 e. The van der Waals surface area contributed by atoms with Gasteiger partial charge in [-0.1, -0.05) is 34.8 Å². The van der Waals surface area contributed by atoms with Gasteiger partial charge in [-0.05, 0) is 30.5 Å². The molecule has 1 fully saturated rings. The molecular weight excluding hydrogens is 322 g/mol. The van der Waals surface area contributed by atoms with Gasteiger partial charge < -0.3 is 20.3 Å². The van der Waals surface area contributed by atoms with Gasteiger partial charge in [0.1, 0.15) is 12.4 Å². The van der Waals surface area contributed by atoms with Gasteiger partial charge in [0.05, 0.1) is 12.7 Å². The molecule has 0 bridgehead atoms. The Hall–Kier alpha value is -0.620. The first kappa shape index (κ1) is 15.8. The quantitative estimate of drug-likeness (QED) is 0.741. The maximum Gasteiger partial charge on any atom is 0.120 e. The van der Waals surface area contributed by atoms with E-state index < -0.39 is 0 Å². The van der Waals surface area contributed by atoms with Crippen LogP contribution in [0.15, 0.2) is 22.7 Å². The van der Waals surface area contributed by atoms with Crippen LogP contribution in [0.25, 0.3) is 0 Å². The molecule has 112 valence electrons. The van der Waals surface area contributed by atoms with Crippen LogP contribution >= 0.6 is 15.9 Å². The molecular formula is C15H22BrNO3. The summed E-state index contributed by atoms with van der Waals surface area (Å²) in [4.78, 5) is 0.